The SMILES string of the molecule is COc1cc(CNCc2ccco2)ccc1OCC(=O)O. The van der Waals surface area contributed by atoms with Crippen LogP contribution < -0.4 is 14.8 Å². The Balaban J connectivity index is 1.92. The van der Waals surface area contributed by atoms with Crippen LogP contribution in [0.15, 0.2) is 41.0 Å². The number of methoxy groups -OCH3 is 1. The number of hydrogen-bond acceptors (Lipinski definition) is 5. The van der Waals surface area contributed by atoms with Gasteiger partial charge in [-0.2, -0.15) is 0 Å². The van der Waals surface area contributed by atoms with Crippen LogP contribution in [0.5, 0.6) is 11.5 Å². The van der Waals surface area contributed by atoms with Gasteiger partial charge in [-0.15, -0.1) is 0 Å². The molecular weight excluding hydrogens is 274 g/mol. The highest BCUT2D eigenvalue weighted by Crippen LogP contribution is 2.28. The predicted octanol–water partition coefficient (Wildman–Crippen LogP) is 2.04. The van der Waals surface area contributed by atoms with Crippen LogP contribution in [0, 0.1) is 0 Å². The standard InChI is InChI=1S/C15H17NO5/c1-19-14-7-11(4-5-13(14)21-10-15(17)18)8-16-9-12-3-2-6-20-12/h2-7,16H,8-10H2,1H3,(H,17,18). The Hall–Kier alpha value is -2.47. The molecule has 6 nitrogen and oxygen atoms in total. The van der Waals surface area contributed by atoms with Gasteiger partial charge in [0.2, 0.25) is 0 Å². The van der Waals surface area contributed by atoms with E-state index in [2.05, 4.69) is 5.32 Å². The molecule has 0 atom stereocenters. The van der Waals surface area contributed by atoms with E-state index in [0.717, 1.165) is 11.3 Å². The molecule has 21 heavy (non-hydrogen) atoms. The van der Waals surface area contributed by atoms with Crippen molar-refractivity contribution in [1.82, 2.24) is 5.32 Å². The van der Waals surface area contributed by atoms with Crippen LogP contribution in [0.3, 0.4) is 0 Å². The molecule has 112 valence electrons. The molecule has 0 amide bonds. The highest BCUT2D eigenvalue weighted by atomic mass is 16.5. The topological polar surface area (TPSA) is 80.9 Å². The molecule has 2 rings (SSSR count). The number of benzene rings is 1. The molecule has 0 spiro atoms. The van der Waals surface area contributed by atoms with Crippen LogP contribution in [0.25, 0.3) is 0 Å². The largest absolute Gasteiger partial charge is 0.493 e. The van der Waals surface area contributed by atoms with Crippen molar-refractivity contribution < 1.29 is 23.8 Å². The summed E-state index contributed by atoms with van der Waals surface area (Å²) in [5.41, 5.74) is 1.00. The first-order valence-electron chi connectivity index (χ1n) is 6.43. The Labute approximate surface area is 122 Å². The van der Waals surface area contributed by atoms with Gasteiger partial charge in [0.1, 0.15) is 5.76 Å². The van der Waals surface area contributed by atoms with Crippen molar-refractivity contribution in [3.05, 3.63) is 47.9 Å². The summed E-state index contributed by atoms with van der Waals surface area (Å²) >= 11 is 0. The zero-order valence-electron chi connectivity index (χ0n) is 11.7. The van der Waals surface area contributed by atoms with Gasteiger partial charge in [-0.1, -0.05) is 6.07 Å². The fourth-order valence-corrected chi connectivity index (χ4v) is 1.82. The van der Waals surface area contributed by atoms with Crippen molar-refractivity contribution in [1.29, 1.82) is 0 Å². The lowest BCUT2D eigenvalue weighted by atomic mass is 10.2. The average Bonchev–Trinajstić information content (AvgIpc) is 2.98. The van der Waals surface area contributed by atoms with Crippen molar-refractivity contribution >= 4 is 5.97 Å². The fourth-order valence-electron chi connectivity index (χ4n) is 1.82. The van der Waals surface area contributed by atoms with E-state index in [9.17, 15) is 4.79 Å². The number of ether oxygens (including phenoxy) is 2. The van der Waals surface area contributed by atoms with Gasteiger partial charge in [0.25, 0.3) is 0 Å². The average molecular weight is 291 g/mol. The van der Waals surface area contributed by atoms with E-state index in [-0.39, 0.29) is 0 Å². The maximum Gasteiger partial charge on any atom is 0.341 e. The van der Waals surface area contributed by atoms with Gasteiger partial charge < -0.3 is 24.3 Å². The van der Waals surface area contributed by atoms with Gasteiger partial charge in [0.15, 0.2) is 18.1 Å². The quantitative estimate of drug-likeness (QED) is 0.774. The molecule has 0 aliphatic carbocycles. The summed E-state index contributed by atoms with van der Waals surface area (Å²) in [6.45, 7) is 0.870. The minimum absolute atomic E-state index is 0.396. The molecule has 0 aliphatic heterocycles. The number of furan rings is 1. The number of rotatable bonds is 8. The lowest BCUT2D eigenvalue weighted by Crippen LogP contribution is -2.13. The number of aliphatic carboxylic acids is 1. The number of nitrogens with one attached hydrogen (secondary N) is 1. The Bertz CT molecular complexity index is 580. The van der Waals surface area contributed by atoms with Crippen LogP contribution >= 0.6 is 0 Å². The Morgan fingerprint density at radius 1 is 1.29 bits per heavy atom. The van der Waals surface area contributed by atoms with E-state index in [0.29, 0.717) is 24.6 Å². The maximum absolute atomic E-state index is 10.5. The highest BCUT2D eigenvalue weighted by molar-refractivity contribution is 5.68. The summed E-state index contributed by atoms with van der Waals surface area (Å²) in [7, 11) is 1.52. The Morgan fingerprint density at radius 2 is 2.14 bits per heavy atom. The van der Waals surface area contributed by atoms with Gasteiger partial charge in [-0.05, 0) is 29.8 Å². The maximum atomic E-state index is 10.5. The molecule has 1 heterocycles. The van der Waals surface area contributed by atoms with Crippen molar-refractivity contribution in [2.75, 3.05) is 13.7 Å². The number of hydrogen-bond donors (Lipinski definition) is 2. The third-order valence-corrected chi connectivity index (χ3v) is 2.79. The van der Waals surface area contributed by atoms with Crippen molar-refractivity contribution in [3.63, 3.8) is 0 Å². The van der Waals surface area contributed by atoms with Gasteiger partial charge in [0, 0.05) is 6.54 Å². The molecule has 0 radical (unpaired) electrons. The number of carboxylic acids is 1. The number of carbonyl (C=O) groups is 1. The van der Waals surface area contributed by atoms with E-state index in [1.165, 1.54) is 7.11 Å². The minimum Gasteiger partial charge on any atom is -0.493 e. The molecular formula is C15H17NO5. The van der Waals surface area contributed by atoms with Crippen molar-refractivity contribution in [2.45, 2.75) is 13.1 Å². The molecule has 1 aromatic carbocycles. The predicted molar refractivity (Wildman–Crippen MR) is 75.4 cm³/mol. The molecule has 0 saturated carbocycles. The smallest absolute Gasteiger partial charge is 0.341 e. The summed E-state index contributed by atoms with van der Waals surface area (Å²) in [6.07, 6.45) is 1.63. The third kappa shape index (κ3) is 4.54. The zero-order valence-corrected chi connectivity index (χ0v) is 11.7. The second kappa shape index (κ2) is 7.35. The van der Waals surface area contributed by atoms with E-state index in [1.54, 1.807) is 12.3 Å². The highest BCUT2D eigenvalue weighted by Gasteiger charge is 2.08. The molecule has 2 N–H and O–H groups in total. The van der Waals surface area contributed by atoms with E-state index < -0.39 is 12.6 Å². The molecule has 2 aromatic rings. The molecule has 0 saturated heterocycles. The second-order valence-corrected chi connectivity index (χ2v) is 4.35. The summed E-state index contributed by atoms with van der Waals surface area (Å²) in [6, 6.07) is 9.11. The van der Waals surface area contributed by atoms with Crippen molar-refractivity contribution in [3.8, 4) is 11.5 Å². The first-order chi connectivity index (χ1) is 10.2. The summed E-state index contributed by atoms with van der Waals surface area (Å²) in [5, 5.41) is 11.9. The first kappa shape index (κ1) is 14.9. The molecule has 1 aromatic heterocycles. The minimum atomic E-state index is -1.03. The molecule has 0 aliphatic rings. The first-order valence-corrected chi connectivity index (χ1v) is 6.43. The van der Waals surface area contributed by atoms with Crippen LogP contribution in [-0.4, -0.2) is 24.8 Å². The lowest BCUT2D eigenvalue weighted by molar-refractivity contribution is -0.139. The van der Waals surface area contributed by atoms with Crippen molar-refractivity contribution in [2.24, 2.45) is 0 Å². The van der Waals surface area contributed by atoms with E-state index >= 15 is 0 Å². The van der Waals surface area contributed by atoms with Gasteiger partial charge in [0.05, 0.1) is 19.9 Å². The molecule has 0 bridgehead atoms. The summed E-state index contributed by atoms with van der Waals surface area (Å²) < 4.78 is 15.6. The second-order valence-electron chi connectivity index (χ2n) is 4.35. The lowest BCUT2D eigenvalue weighted by Gasteiger charge is -2.11. The fraction of sp³-hybridized carbons (Fsp3) is 0.267. The number of carboxylic acid groups (broad SMARTS) is 1. The Morgan fingerprint density at radius 3 is 2.81 bits per heavy atom. The van der Waals surface area contributed by atoms with Crippen LogP contribution in [0.1, 0.15) is 11.3 Å². The van der Waals surface area contributed by atoms with Gasteiger partial charge in [-0.25, -0.2) is 4.79 Å². The molecule has 6 heteroatoms. The molecule has 0 unspecified atom stereocenters. The zero-order chi connectivity index (χ0) is 15.1. The van der Waals surface area contributed by atoms with E-state index in [1.807, 2.05) is 24.3 Å². The monoisotopic (exact) mass is 291 g/mol. The summed E-state index contributed by atoms with van der Waals surface area (Å²) in [4.78, 5) is 10.5. The summed E-state index contributed by atoms with van der Waals surface area (Å²) in [5.74, 6) is 0.757. The van der Waals surface area contributed by atoms with Gasteiger partial charge in [-0.3, -0.25) is 0 Å². The molecule has 0 fully saturated rings. The van der Waals surface area contributed by atoms with Crippen LogP contribution in [0.4, 0.5) is 0 Å². The Kier molecular flexibility index (Phi) is 5.22. The van der Waals surface area contributed by atoms with Gasteiger partial charge >= 0.3 is 5.97 Å². The van der Waals surface area contributed by atoms with Crippen LogP contribution in [-0.2, 0) is 17.9 Å². The van der Waals surface area contributed by atoms with Crippen LogP contribution in [0.2, 0.25) is 0 Å². The normalized spacial score (nSPS) is 10.3. The third-order valence-electron chi connectivity index (χ3n) is 2.79. The van der Waals surface area contributed by atoms with E-state index in [4.69, 9.17) is 19.0 Å².